The summed E-state index contributed by atoms with van der Waals surface area (Å²) in [5.41, 5.74) is 3.56. The van der Waals surface area contributed by atoms with Crippen LogP contribution in [0, 0.1) is 0 Å². The Morgan fingerprint density at radius 3 is 2.53 bits per heavy atom. The van der Waals surface area contributed by atoms with Crippen LogP contribution >= 0.6 is 31.9 Å². The van der Waals surface area contributed by atoms with Gasteiger partial charge in [0.2, 0.25) is 5.66 Å². The van der Waals surface area contributed by atoms with Gasteiger partial charge in [0, 0.05) is 31.7 Å². The molecule has 2 fully saturated rings. The molecule has 0 bridgehead atoms. The minimum atomic E-state index is -0.786. The van der Waals surface area contributed by atoms with E-state index in [2.05, 4.69) is 69.1 Å². The van der Waals surface area contributed by atoms with Crippen molar-refractivity contribution < 1.29 is 9.47 Å². The fraction of sp³-hybridized carbons (Fsp3) is 0.524. The van der Waals surface area contributed by atoms with Gasteiger partial charge in [0.1, 0.15) is 18.1 Å². The quantitative estimate of drug-likeness (QED) is 0.534. The molecule has 4 aliphatic heterocycles. The summed E-state index contributed by atoms with van der Waals surface area (Å²) >= 11 is 7.33. The number of nitrogens with one attached hydrogen (secondary N) is 1. The summed E-state index contributed by atoms with van der Waals surface area (Å²) in [6, 6.07) is 4.03. The van der Waals surface area contributed by atoms with E-state index in [1.807, 2.05) is 18.3 Å². The molecule has 0 aromatic heterocycles. The molecule has 0 aliphatic carbocycles. The van der Waals surface area contributed by atoms with Crippen LogP contribution in [-0.4, -0.2) is 79.1 Å². The van der Waals surface area contributed by atoms with Gasteiger partial charge in [0.25, 0.3) is 0 Å². The molecule has 11 heteroatoms. The molecule has 0 radical (unpaired) electrons. The summed E-state index contributed by atoms with van der Waals surface area (Å²) in [6.45, 7) is 8.79. The van der Waals surface area contributed by atoms with Crippen molar-refractivity contribution >= 4 is 43.8 Å². The van der Waals surface area contributed by atoms with E-state index >= 15 is 0 Å². The van der Waals surface area contributed by atoms with Gasteiger partial charge in [-0.3, -0.25) is 15.2 Å². The van der Waals surface area contributed by atoms with E-state index in [0.29, 0.717) is 25.6 Å². The number of ether oxygens (including phenoxy) is 2. The van der Waals surface area contributed by atoms with E-state index in [9.17, 15) is 0 Å². The Hall–Kier alpha value is -1.66. The van der Waals surface area contributed by atoms with Crippen LogP contribution in [0.5, 0.6) is 5.75 Å². The molecule has 170 valence electrons. The van der Waals surface area contributed by atoms with Crippen LogP contribution in [0.1, 0.15) is 18.4 Å². The van der Waals surface area contributed by atoms with Crippen LogP contribution in [0.3, 0.4) is 0 Å². The van der Waals surface area contributed by atoms with E-state index in [1.54, 1.807) is 6.08 Å². The number of halogens is 2. The maximum Gasteiger partial charge on any atom is 0.218 e. The Balaban J connectivity index is 1.64. The third-order valence-electron chi connectivity index (χ3n) is 6.38. The van der Waals surface area contributed by atoms with Crippen molar-refractivity contribution in [1.29, 1.82) is 0 Å². The van der Waals surface area contributed by atoms with E-state index in [0.717, 1.165) is 59.2 Å². The number of hydrogen-bond donors (Lipinski definition) is 1. The predicted octanol–water partition coefficient (Wildman–Crippen LogP) is 3.36. The molecule has 2 unspecified atom stereocenters. The molecule has 2 saturated heterocycles. The highest BCUT2D eigenvalue weighted by Crippen LogP contribution is 2.44. The van der Waals surface area contributed by atoms with E-state index in [4.69, 9.17) is 14.6 Å². The molecule has 1 aromatic carbocycles. The van der Waals surface area contributed by atoms with Crippen molar-refractivity contribution in [2.24, 2.45) is 20.5 Å². The van der Waals surface area contributed by atoms with Gasteiger partial charge in [0.15, 0.2) is 5.66 Å². The fourth-order valence-corrected chi connectivity index (χ4v) is 6.37. The SMILES string of the molecule is C=CCOc1c(Br)cc(C2=NN=NC3(N4CCCC4)C=NNC23N2CCOCC2)cc1Br. The summed E-state index contributed by atoms with van der Waals surface area (Å²) in [7, 11) is 0. The number of morpholine rings is 1. The molecule has 0 spiro atoms. The standard InChI is InChI=1S/C21H25Br2N7O2/c1-2-9-32-18-16(22)12-15(13-17(18)23)19-21(30-7-10-31-11-8-30)20(14-24-27-21,26-28-25-19)29-5-3-4-6-29/h2,12-14,27H,1,3-11H2. The maximum atomic E-state index is 5.82. The molecule has 0 saturated carbocycles. The number of fused-ring (bicyclic) bond motifs is 1. The Kier molecular flexibility index (Phi) is 6.19. The van der Waals surface area contributed by atoms with Crippen LogP contribution in [0.15, 0.2) is 54.3 Å². The Labute approximate surface area is 203 Å². The molecule has 32 heavy (non-hydrogen) atoms. The lowest BCUT2D eigenvalue weighted by Crippen LogP contribution is -2.78. The number of nitrogens with zero attached hydrogens (tertiary/aromatic N) is 6. The zero-order chi connectivity index (χ0) is 22.2. The lowest BCUT2D eigenvalue weighted by molar-refractivity contribution is -0.0525. The van der Waals surface area contributed by atoms with Crippen molar-refractivity contribution in [3.8, 4) is 5.75 Å². The van der Waals surface area contributed by atoms with Crippen LogP contribution in [0.4, 0.5) is 0 Å². The second kappa shape index (κ2) is 8.94. The first-order valence-corrected chi connectivity index (χ1v) is 12.3. The third-order valence-corrected chi connectivity index (χ3v) is 7.56. The molecule has 4 heterocycles. The second-order valence-electron chi connectivity index (χ2n) is 8.11. The predicted molar refractivity (Wildman–Crippen MR) is 129 cm³/mol. The third kappa shape index (κ3) is 3.37. The Bertz CT molecular complexity index is 965. The first-order chi connectivity index (χ1) is 15.6. The Morgan fingerprint density at radius 2 is 1.84 bits per heavy atom. The first kappa shape index (κ1) is 22.1. The van der Waals surface area contributed by atoms with Crippen molar-refractivity contribution in [1.82, 2.24) is 15.2 Å². The Morgan fingerprint density at radius 1 is 1.12 bits per heavy atom. The summed E-state index contributed by atoms with van der Waals surface area (Å²) < 4.78 is 13.1. The van der Waals surface area contributed by atoms with Gasteiger partial charge in [0.05, 0.1) is 28.4 Å². The number of rotatable bonds is 6. The number of benzene rings is 1. The molecule has 5 rings (SSSR count). The highest BCUT2D eigenvalue weighted by atomic mass is 79.9. The topological polar surface area (TPSA) is 86.4 Å². The molecular formula is C21H25Br2N7O2. The summed E-state index contributed by atoms with van der Waals surface area (Å²) in [5, 5.41) is 18.2. The van der Waals surface area contributed by atoms with Crippen molar-refractivity contribution in [2.45, 2.75) is 24.2 Å². The van der Waals surface area contributed by atoms with Gasteiger partial charge >= 0.3 is 0 Å². The second-order valence-corrected chi connectivity index (χ2v) is 9.82. The zero-order valence-corrected chi connectivity index (χ0v) is 20.8. The molecule has 2 atom stereocenters. The fourth-order valence-electron chi connectivity index (χ4n) is 4.95. The van der Waals surface area contributed by atoms with Gasteiger partial charge in [-0.05, 0) is 62.1 Å². The van der Waals surface area contributed by atoms with E-state index in [1.165, 1.54) is 0 Å². The van der Waals surface area contributed by atoms with Gasteiger partial charge in [-0.15, -0.1) is 10.2 Å². The van der Waals surface area contributed by atoms with E-state index < -0.39 is 11.3 Å². The molecule has 1 N–H and O–H groups in total. The molecule has 4 aliphatic rings. The summed E-state index contributed by atoms with van der Waals surface area (Å²) in [4.78, 5) is 4.72. The van der Waals surface area contributed by atoms with E-state index in [-0.39, 0.29) is 0 Å². The first-order valence-electron chi connectivity index (χ1n) is 10.7. The van der Waals surface area contributed by atoms with Gasteiger partial charge in [-0.1, -0.05) is 12.7 Å². The average Bonchev–Trinajstić information content (AvgIpc) is 3.48. The van der Waals surface area contributed by atoms with Crippen LogP contribution in [-0.2, 0) is 4.74 Å². The summed E-state index contributed by atoms with van der Waals surface area (Å²) in [5.74, 6) is 0.716. The molecular weight excluding hydrogens is 542 g/mol. The minimum Gasteiger partial charge on any atom is -0.487 e. The molecule has 1 aromatic rings. The van der Waals surface area contributed by atoms with Gasteiger partial charge < -0.3 is 9.47 Å². The normalized spacial score (nSPS) is 30.1. The van der Waals surface area contributed by atoms with Gasteiger partial charge in [-0.25, -0.2) is 0 Å². The molecule has 9 nitrogen and oxygen atoms in total. The molecule has 0 amide bonds. The van der Waals surface area contributed by atoms with Crippen molar-refractivity contribution in [2.75, 3.05) is 46.0 Å². The number of likely N-dealkylation sites (tertiary alicyclic amines) is 1. The van der Waals surface area contributed by atoms with Crippen molar-refractivity contribution in [3.05, 3.63) is 39.3 Å². The highest BCUT2D eigenvalue weighted by Gasteiger charge is 2.66. The van der Waals surface area contributed by atoms with Crippen LogP contribution < -0.4 is 10.2 Å². The summed E-state index contributed by atoms with van der Waals surface area (Å²) in [6.07, 6.45) is 5.88. The largest absolute Gasteiger partial charge is 0.487 e. The van der Waals surface area contributed by atoms with Crippen LogP contribution in [0.25, 0.3) is 0 Å². The van der Waals surface area contributed by atoms with Crippen molar-refractivity contribution in [3.63, 3.8) is 0 Å². The highest BCUT2D eigenvalue weighted by molar-refractivity contribution is 9.11. The van der Waals surface area contributed by atoms with Gasteiger partial charge in [-0.2, -0.15) is 5.10 Å². The smallest absolute Gasteiger partial charge is 0.218 e. The van der Waals surface area contributed by atoms with Crippen LogP contribution in [0.2, 0.25) is 0 Å². The minimum absolute atomic E-state index is 0.414. The average molecular weight is 567 g/mol. The lowest BCUT2D eigenvalue weighted by Gasteiger charge is -2.53. The number of hydrazone groups is 1. The zero-order valence-electron chi connectivity index (χ0n) is 17.6. The monoisotopic (exact) mass is 565 g/mol. The maximum absolute atomic E-state index is 5.82. The number of hydrogen-bond acceptors (Lipinski definition) is 9. The lowest BCUT2D eigenvalue weighted by atomic mass is 9.83.